The van der Waals surface area contributed by atoms with Gasteiger partial charge in [0.05, 0.1) is 0 Å². The van der Waals surface area contributed by atoms with Crippen molar-refractivity contribution < 1.29 is 0 Å². The van der Waals surface area contributed by atoms with Gasteiger partial charge < -0.3 is 0 Å². The van der Waals surface area contributed by atoms with Crippen LogP contribution in [0.4, 0.5) is 0 Å². The molecule has 0 aliphatic rings. The summed E-state index contributed by atoms with van der Waals surface area (Å²) in [5.41, 5.74) is 0. The highest BCUT2D eigenvalue weighted by atomic mass is 79.9. The number of hydrogen-bond acceptors (Lipinski definition) is 1. The third-order valence-corrected chi connectivity index (χ3v) is 1.17. The molecule has 0 unspecified atom stereocenters. The van der Waals surface area contributed by atoms with Crippen molar-refractivity contribution in [2.24, 2.45) is 0 Å². The summed E-state index contributed by atoms with van der Waals surface area (Å²) in [5.74, 6) is 0. The third kappa shape index (κ3) is 2.28. The molecule has 1 aromatic rings. The van der Waals surface area contributed by atoms with Crippen LogP contribution in [0.2, 0.25) is 0 Å². The number of nitrogens with zero attached hydrogens (tertiary/aromatic N) is 1. The zero-order chi connectivity index (χ0) is 5.11. The molecule has 0 aliphatic carbocycles. The van der Waals surface area contributed by atoms with E-state index in [1.165, 1.54) is 0 Å². The zero-order valence-electron chi connectivity index (χ0n) is 4.04. The Kier molecular flexibility index (Phi) is 3.83. The number of pyridine rings is 1. The fourth-order valence-corrected chi connectivity index (χ4v) is 0.570. The molecular weight excluding hydrogens is 189 g/mol. The van der Waals surface area contributed by atoms with Gasteiger partial charge in [-0.25, -0.2) is 0 Å². The van der Waals surface area contributed by atoms with E-state index in [0.717, 1.165) is 4.47 Å². The molecule has 0 aromatic carbocycles. The molecule has 44 valence electrons. The van der Waals surface area contributed by atoms with Gasteiger partial charge in [0, 0.05) is 16.9 Å². The van der Waals surface area contributed by atoms with Crippen molar-refractivity contribution in [3.63, 3.8) is 0 Å². The van der Waals surface area contributed by atoms with E-state index in [9.17, 15) is 0 Å². The van der Waals surface area contributed by atoms with Gasteiger partial charge >= 0.3 is 0 Å². The van der Waals surface area contributed by atoms with Gasteiger partial charge in [-0.1, -0.05) is 15.9 Å². The van der Waals surface area contributed by atoms with E-state index in [2.05, 4.69) is 20.9 Å². The first-order chi connectivity index (χ1) is 3.39. The normalized spacial score (nSPS) is 7.62. The molecule has 1 heterocycles. The lowest BCUT2D eigenvalue weighted by Crippen LogP contribution is -1.63. The largest absolute Gasteiger partial charge is 0.265 e. The van der Waals surface area contributed by atoms with Crippen molar-refractivity contribution in [1.29, 1.82) is 0 Å². The van der Waals surface area contributed by atoms with Gasteiger partial charge in [-0.3, -0.25) is 4.98 Å². The summed E-state index contributed by atoms with van der Waals surface area (Å²) in [4.78, 5) is 3.82. The van der Waals surface area contributed by atoms with Crippen LogP contribution in [0.3, 0.4) is 0 Å². The van der Waals surface area contributed by atoms with Crippen LogP contribution in [0.15, 0.2) is 29.0 Å². The predicted octanol–water partition coefficient (Wildman–Crippen LogP) is 2.27. The Labute approximate surface area is 62.7 Å². The summed E-state index contributed by atoms with van der Waals surface area (Å²) in [7, 11) is 0. The number of aromatic nitrogens is 1. The Morgan fingerprint density at radius 1 is 1.25 bits per heavy atom. The molecule has 0 aliphatic heterocycles. The molecule has 0 bridgehead atoms. The van der Waals surface area contributed by atoms with Gasteiger partial charge in [0.15, 0.2) is 0 Å². The summed E-state index contributed by atoms with van der Waals surface area (Å²) >= 11 is 3.27. The second-order valence-electron chi connectivity index (χ2n) is 1.17. The summed E-state index contributed by atoms with van der Waals surface area (Å²) < 4.78 is 1.07. The van der Waals surface area contributed by atoms with Crippen LogP contribution in [0, 0.1) is 0 Å². The first kappa shape index (κ1) is 7.92. The smallest absolute Gasteiger partial charge is 0.0279 e. The summed E-state index contributed by atoms with van der Waals surface area (Å²) in [6.07, 6.45) is 3.48. The standard InChI is InChI=1S/C5H4BrN.ClH/c6-5-1-3-7-4-2-5;/h1-4H;1H. The SMILES string of the molecule is Brc1ccncc1.Cl. The molecule has 8 heavy (non-hydrogen) atoms. The first-order valence-electron chi connectivity index (χ1n) is 1.95. The summed E-state index contributed by atoms with van der Waals surface area (Å²) in [5, 5.41) is 0. The summed E-state index contributed by atoms with van der Waals surface area (Å²) in [6, 6.07) is 3.78. The third-order valence-electron chi connectivity index (χ3n) is 0.640. The maximum Gasteiger partial charge on any atom is 0.0279 e. The van der Waals surface area contributed by atoms with E-state index >= 15 is 0 Å². The predicted molar refractivity (Wildman–Crippen MR) is 39.2 cm³/mol. The quantitative estimate of drug-likeness (QED) is 0.617. The Bertz CT molecular complexity index is 142. The maximum absolute atomic E-state index is 3.82. The highest BCUT2D eigenvalue weighted by Crippen LogP contribution is 2.03. The molecule has 0 saturated carbocycles. The maximum atomic E-state index is 3.82. The molecule has 0 saturated heterocycles. The van der Waals surface area contributed by atoms with Gasteiger partial charge in [-0.05, 0) is 12.1 Å². The van der Waals surface area contributed by atoms with Crippen LogP contribution in [-0.2, 0) is 0 Å². The van der Waals surface area contributed by atoms with E-state index in [1.54, 1.807) is 12.4 Å². The van der Waals surface area contributed by atoms with E-state index in [-0.39, 0.29) is 12.4 Å². The Morgan fingerprint density at radius 2 is 1.75 bits per heavy atom. The summed E-state index contributed by atoms with van der Waals surface area (Å²) in [6.45, 7) is 0. The fourth-order valence-electron chi connectivity index (χ4n) is 0.334. The lowest BCUT2D eigenvalue weighted by atomic mass is 10.5. The minimum absolute atomic E-state index is 0. The molecule has 3 heteroatoms. The van der Waals surface area contributed by atoms with E-state index in [0.29, 0.717) is 0 Å². The number of rotatable bonds is 0. The molecule has 0 fully saturated rings. The van der Waals surface area contributed by atoms with Crippen LogP contribution in [-0.4, -0.2) is 4.98 Å². The van der Waals surface area contributed by atoms with Crippen LogP contribution >= 0.6 is 28.3 Å². The molecule has 0 atom stereocenters. The molecule has 0 spiro atoms. The van der Waals surface area contributed by atoms with E-state index < -0.39 is 0 Å². The monoisotopic (exact) mass is 193 g/mol. The van der Waals surface area contributed by atoms with E-state index in [1.807, 2.05) is 12.1 Å². The van der Waals surface area contributed by atoms with Crippen molar-refractivity contribution in [1.82, 2.24) is 4.98 Å². The average Bonchev–Trinajstić information content (AvgIpc) is 1.69. The number of halogens is 2. The molecule has 1 aromatic heterocycles. The molecule has 1 rings (SSSR count). The topological polar surface area (TPSA) is 12.9 Å². The van der Waals surface area contributed by atoms with Gasteiger partial charge in [0.25, 0.3) is 0 Å². The highest BCUT2D eigenvalue weighted by Gasteiger charge is 1.75. The zero-order valence-corrected chi connectivity index (χ0v) is 6.45. The van der Waals surface area contributed by atoms with Crippen LogP contribution in [0.25, 0.3) is 0 Å². The van der Waals surface area contributed by atoms with Gasteiger partial charge in [-0.2, -0.15) is 0 Å². The van der Waals surface area contributed by atoms with Crippen molar-refractivity contribution in [2.75, 3.05) is 0 Å². The first-order valence-corrected chi connectivity index (χ1v) is 2.74. The lowest BCUT2D eigenvalue weighted by molar-refractivity contribution is 1.32. The lowest BCUT2D eigenvalue weighted by Gasteiger charge is -1.80. The van der Waals surface area contributed by atoms with E-state index in [4.69, 9.17) is 0 Å². The Balaban J connectivity index is 0.000000490. The number of hydrogen-bond donors (Lipinski definition) is 0. The van der Waals surface area contributed by atoms with Crippen molar-refractivity contribution in [2.45, 2.75) is 0 Å². The van der Waals surface area contributed by atoms with Crippen molar-refractivity contribution in [3.05, 3.63) is 29.0 Å². The second kappa shape index (κ2) is 3.87. The van der Waals surface area contributed by atoms with Gasteiger partial charge in [0.2, 0.25) is 0 Å². The highest BCUT2D eigenvalue weighted by molar-refractivity contribution is 9.10. The fraction of sp³-hybridized carbons (Fsp3) is 0. The van der Waals surface area contributed by atoms with Crippen LogP contribution in [0.1, 0.15) is 0 Å². The average molecular weight is 194 g/mol. The van der Waals surface area contributed by atoms with Gasteiger partial charge in [-0.15, -0.1) is 12.4 Å². The molecular formula is C5H5BrClN. The molecule has 0 N–H and O–H groups in total. The van der Waals surface area contributed by atoms with Gasteiger partial charge in [0.1, 0.15) is 0 Å². The molecule has 0 amide bonds. The Morgan fingerprint density at radius 3 is 2.00 bits per heavy atom. The van der Waals surface area contributed by atoms with Crippen molar-refractivity contribution >= 4 is 28.3 Å². The molecule has 1 nitrogen and oxygen atoms in total. The minimum Gasteiger partial charge on any atom is -0.265 e. The molecule has 0 radical (unpaired) electrons. The van der Waals surface area contributed by atoms with Crippen molar-refractivity contribution in [3.8, 4) is 0 Å². The van der Waals surface area contributed by atoms with Crippen LogP contribution in [0.5, 0.6) is 0 Å². The minimum atomic E-state index is 0. The van der Waals surface area contributed by atoms with Crippen LogP contribution < -0.4 is 0 Å². The Hall–Kier alpha value is -0.0800. The second-order valence-corrected chi connectivity index (χ2v) is 2.08.